The number of nitrogens with one attached hydrogen (secondary N) is 1. The summed E-state index contributed by atoms with van der Waals surface area (Å²) in [4.78, 5) is 17.2. The summed E-state index contributed by atoms with van der Waals surface area (Å²) in [6.07, 6.45) is 1.37. The fraction of sp³-hybridized carbons (Fsp3) is 0.167. The highest BCUT2D eigenvalue weighted by Crippen LogP contribution is 2.24. The Kier molecular flexibility index (Phi) is 6.33. The maximum Gasteiger partial charge on any atom is 0.198 e. The number of carbonyl (C=O) groups is 1. The maximum atomic E-state index is 13.8. The van der Waals surface area contributed by atoms with Crippen LogP contribution in [-0.2, 0) is 0 Å². The van der Waals surface area contributed by atoms with Gasteiger partial charge in [0.2, 0.25) is 0 Å². The zero-order chi connectivity index (χ0) is 22.6. The number of benzene rings is 2. The molecular weight excluding hydrogens is 400 g/mol. The molecule has 0 saturated carbocycles. The predicted molar refractivity (Wildman–Crippen MR) is 115 cm³/mol. The SMILES string of the molecule is COc1ccc(C#CC(C)(C)N)cc1C(=O)c1ccc(Nc2ccc(F)cc2F)nc1. The van der Waals surface area contributed by atoms with E-state index in [1.807, 2.05) is 0 Å². The van der Waals surface area contributed by atoms with Crippen LogP contribution in [0.3, 0.4) is 0 Å². The van der Waals surface area contributed by atoms with Crippen molar-refractivity contribution < 1.29 is 18.3 Å². The normalized spacial score (nSPS) is 10.8. The standard InChI is InChI=1S/C24H21F2N3O2/c1-24(2,27)11-10-15-4-8-21(31-3)18(12-15)23(30)16-5-9-22(28-14-16)29-20-7-6-17(25)13-19(20)26/h4-9,12-14H,27H2,1-3H3,(H,28,29). The Morgan fingerprint density at radius 2 is 1.90 bits per heavy atom. The number of halogens is 2. The van der Waals surface area contributed by atoms with Gasteiger partial charge in [-0.3, -0.25) is 4.79 Å². The summed E-state index contributed by atoms with van der Waals surface area (Å²) in [5, 5.41) is 2.75. The van der Waals surface area contributed by atoms with Crippen LogP contribution in [-0.4, -0.2) is 23.4 Å². The first-order valence-corrected chi connectivity index (χ1v) is 9.39. The first kappa shape index (κ1) is 21.9. The van der Waals surface area contributed by atoms with Gasteiger partial charge in [-0.1, -0.05) is 11.8 Å². The van der Waals surface area contributed by atoms with Crippen molar-refractivity contribution in [3.8, 4) is 17.6 Å². The van der Waals surface area contributed by atoms with E-state index in [1.165, 1.54) is 25.4 Å². The van der Waals surface area contributed by atoms with E-state index in [0.717, 1.165) is 12.1 Å². The molecule has 0 bridgehead atoms. The van der Waals surface area contributed by atoms with Crippen molar-refractivity contribution in [2.45, 2.75) is 19.4 Å². The molecule has 0 spiro atoms. The molecule has 0 fully saturated rings. The van der Waals surface area contributed by atoms with Crippen molar-refractivity contribution >= 4 is 17.3 Å². The van der Waals surface area contributed by atoms with Gasteiger partial charge in [0.25, 0.3) is 0 Å². The molecule has 7 heteroatoms. The Hall–Kier alpha value is -3.76. The fourth-order valence-electron chi connectivity index (χ4n) is 2.68. The molecule has 3 N–H and O–H groups in total. The van der Waals surface area contributed by atoms with Crippen LogP contribution in [0.25, 0.3) is 0 Å². The summed E-state index contributed by atoms with van der Waals surface area (Å²) in [7, 11) is 1.48. The van der Waals surface area contributed by atoms with E-state index >= 15 is 0 Å². The molecule has 0 unspecified atom stereocenters. The van der Waals surface area contributed by atoms with Crippen LogP contribution in [0.1, 0.15) is 35.3 Å². The van der Waals surface area contributed by atoms with E-state index in [1.54, 1.807) is 38.1 Å². The first-order valence-electron chi connectivity index (χ1n) is 9.39. The average molecular weight is 421 g/mol. The number of hydrogen-bond donors (Lipinski definition) is 2. The topological polar surface area (TPSA) is 77.2 Å². The molecule has 0 atom stereocenters. The Balaban J connectivity index is 1.86. The Morgan fingerprint density at radius 3 is 2.52 bits per heavy atom. The van der Waals surface area contributed by atoms with Crippen molar-refractivity contribution in [2.75, 3.05) is 12.4 Å². The second kappa shape index (κ2) is 8.94. The van der Waals surface area contributed by atoms with Crippen LogP contribution in [0.4, 0.5) is 20.3 Å². The van der Waals surface area contributed by atoms with Gasteiger partial charge in [0.05, 0.1) is 23.9 Å². The molecule has 0 aliphatic heterocycles. The maximum absolute atomic E-state index is 13.8. The number of anilines is 2. The molecule has 1 heterocycles. The highest BCUT2D eigenvalue weighted by atomic mass is 19.1. The van der Waals surface area contributed by atoms with Gasteiger partial charge in [0, 0.05) is 23.4 Å². The number of methoxy groups -OCH3 is 1. The van der Waals surface area contributed by atoms with E-state index < -0.39 is 17.2 Å². The third-order valence-corrected chi connectivity index (χ3v) is 4.19. The number of nitrogens with zero attached hydrogens (tertiary/aromatic N) is 1. The van der Waals surface area contributed by atoms with Gasteiger partial charge in [-0.25, -0.2) is 13.8 Å². The van der Waals surface area contributed by atoms with E-state index in [4.69, 9.17) is 10.5 Å². The molecule has 5 nitrogen and oxygen atoms in total. The number of ether oxygens (including phenoxy) is 1. The molecule has 3 aromatic rings. The van der Waals surface area contributed by atoms with Crippen LogP contribution in [0, 0.1) is 23.5 Å². The van der Waals surface area contributed by atoms with Crippen molar-refractivity contribution in [1.29, 1.82) is 0 Å². The zero-order valence-corrected chi connectivity index (χ0v) is 17.3. The number of hydrogen-bond acceptors (Lipinski definition) is 5. The molecule has 158 valence electrons. The number of ketones is 1. The third-order valence-electron chi connectivity index (χ3n) is 4.19. The molecule has 1 aromatic heterocycles. The summed E-state index contributed by atoms with van der Waals surface area (Å²) in [6.45, 7) is 3.57. The smallest absolute Gasteiger partial charge is 0.198 e. The van der Waals surface area contributed by atoms with Gasteiger partial charge in [0.1, 0.15) is 23.2 Å². The predicted octanol–water partition coefficient (Wildman–Crippen LogP) is 4.43. The van der Waals surface area contributed by atoms with Crippen molar-refractivity contribution in [3.05, 3.63) is 83.1 Å². The monoisotopic (exact) mass is 421 g/mol. The van der Waals surface area contributed by atoms with Crippen LogP contribution in [0.5, 0.6) is 5.75 Å². The van der Waals surface area contributed by atoms with E-state index in [2.05, 4.69) is 22.1 Å². The lowest BCUT2D eigenvalue weighted by atomic mass is 10.0. The molecule has 0 amide bonds. The second-order valence-electron chi connectivity index (χ2n) is 7.40. The summed E-state index contributed by atoms with van der Waals surface area (Å²) >= 11 is 0. The molecular formula is C24H21F2N3O2. The lowest BCUT2D eigenvalue weighted by Gasteiger charge is -2.10. The fourth-order valence-corrected chi connectivity index (χ4v) is 2.68. The highest BCUT2D eigenvalue weighted by molar-refractivity contribution is 6.10. The van der Waals surface area contributed by atoms with E-state index in [0.29, 0.717) is 28.3 Å². The van der Waals surface area contributed by atoms with E-state index in [9.17, 15) is 13.6 Å². The summed E-state index contributed by atoms with van der Waals surface area (Å²) in [5.41, 5.74) is 6.57. The molecule has 2 aromatic carbocycles. The van der Waals surface area contributed by atoms with Gasteiger partial charge < -0.3 is 15.8 Å². The summed E-state index contributed by atoms with van der Waals surface area (Å²) in [6, 6.07) is 11.3. The molecule has 0 aliphatic rings. The number of carbonyl (C=O) groups excluding carboxylic acids is 1. The molecule has 0 aliphatic carbocycles. The minimum Gasteiger partial charge on any atom is -0.496 e. The van der Waals surface area contributed by atoms with Crippen molar-refractivity contribution in [2.24, 2.45) is 5.73 Å². The number of rotatable bonds is 5. The van der Waals surface area contributed by atoms with Crippen molar-refractivity contribution in [3.63, 3.8) is 0 Å². The van der Waals surface area contributed by atoms with Gasteiger partial charge in [-0.2, -0.15) is 0 Å². The molecule has 31 heavy (non-hydrogen) atoms. The summed E-state index contributed by atoms with van der Waals surface area (Å²) in [5.74, 6) is 4.86. The molecule has 0 saturated heterocycles. The second-order valence-corrected chi connectivity index (χ2v) is 7.40. The Labute approximate surface area is 179 Å². The summed E-state index contributed by atoms with van der Waals surface area (Å²) < 4.78 is 32.2. The van der Waals surface area contributed by atoms with Crippen LogP contribution >= 0.6 is 0 Å². The van der Waals surface area contributed by atoms with Gasteiger partial charge in [0.15, 0.2) is 5.78 Å². The number of pyridine rings is 1. The average Bonchev–Trinajstić information content (AvgIpc) is 2.73. The zero-order valence-electron chi connectivity index (χ0n) is 17.3. The van der Waals surface area contributed by atoms with Crippen LogP contribution < -0.4 is 15.8 Å². The lowest BCUT2D eigenvalue weighted by molar-refractivity contribution is 0.103. The molecule has 3 rings (SSSR count). The molecule has 0 radical (unpaired) electrons. The van der Waals surface area contributed by atoms with Crippen LogP contribution in [0.15, 0.2) is 54.7 Å². The first-order chi connectivity index (χ1) is 14.7. The van der Waals surface area contributed by atoms with Gasteiger partial charge in [-0.15, -0.1) is 0 Å². The number of aromatic nitrogens is 1. The van der Waals surface area contributed by atoms with Gasteiger partial charge >= 0.3 is 0 Å². The van der Waals surface area contributed by atoms with E-state index in [-0.39, 0.29) is 11.5 Å². The highest BCUT2D eigenvalue weighted by Gasteiger charge is 2.16. The van der Waals surface area contributed by atoms with Crippen LogP contribution in [0.2, 0.25) is 0 Å². The lowest BCUT2D eigenvalue weighted by Crippen LogP contribution is -2.29. The minimum atomic E-state index is -0.745. The Morgan fingerprint density at radius 1 is 1.13 bits per heavy atom. The number of nitrogens with two attached hydrogens (primary N) is 1. The van der Waals surface area contributed by atoms with Gasteiger partial charge in [-0.05, 0) is 56.3 Å². The van der Waals surface area contributed by atoms with Crippen molar-refractivity contribution in [1.82, 2.24) is 4.98 Å². The third kappa shape index (κ3) is 5.65. The largest absolute Gasteiger partial charge is 0.496 e. The quantitative estimate of drug-likeness (QED) is 0.471. The Bertz CT molecular complexity index is 1170. The minimum absolute atomic E-state index is 0.0729.